The van der Waals surface area contributed by atoms with Crippen molar-refractivity contribution >= 4 is 24.2 Å². The lowest BCUT2D eigenvalue weighted by molar-refractivity contribution is 0.0875. The van der Waals surface area contributed by atoms with Crippen LogP contribution >= 0.6 is 18.9 Å². The quantitative estimate of drug-likeness (QED) is 0.653. The van der Waals surface area contributed by atoms with E-state index in [2.05, 4.69) is 9.97 Å². The monoisotopic (exact) mass is 362 g/mol. The zero-order chi connectivity index (χ0) is 16.6. The minimum atomic E-state index is -3.48. The lowest BCUT2D eigenvalue weighted by Gasteiger charge is -2.29. The van der Waals surface area contributed by atoms with E-state index in [4.69, 9.17) is 13.5 Å². The molecule has 0 amide bonds. The molecule has 0 aromatic carbocycles. The smallest absolute Gasteiger partial charge is 0.365 e. The summed E-state index contributed by atoms with van der Waals surface area (Å²) in [5, 5.41) is 3.20. The summed E-state index contributed by atoms with van der Waals surface area (Å²) in [6.07, 6.45) is 5.21. The lowest BCUT2D eigenvalue weighted by atomic mass is 10.1. The van der Waals surface area contributed by atoms with E-state index in [1.165, 1.54) is 17.6 Å². The number of pyridine rings is 1. The third-order valence-corrected chi connectivity index (χ3v) is 6.55. The van der Waals surface area contributed by atoms with Gasteiger partial charge in [0.2, 0.25) is 0 Å². The van der Waals surface area contributed by atoms with Gasteiger partial charge in [-0.2, -0.15) is 0 Å². The molecule has 1 aliphatic heterocycles. The minimum Gasteiger partial charge on any atom is -0.462 e. The Morgan fingerprint density at radius 3 is 2.88 bits per heavy atom. The van der Waals surface area contributed by atoms with Crippen LogP contribution in [-0.4, -0.2) is 16.6 Å². The van der Waals surface area contributed by atoms with Crippen LogP contribution in [0.1, 0.15) is 23.1 Å². The fourth-order valence-corrected chi connectivity index (χ4v) is 5.11. The van der Waals surface area contributed by atoms with E-state index in [9.17, 15) is 4.57 Å². The first-order valence-corrected chi connectivity index (χ1v) is 9.91. The molecule has 0 spiro atoms. The van der Waals surface area contributed by atoms with Gasteiger partial charge in [0, 0.05) is 24.2 Å². The number of nitrogens with zero attached hydrogens (tertiary/aromatic N) is 2. The normalized spacial score (nSPS) is 24.1. The van der Waals surface area contributed by atoms with Crippen LogP contribution in [0.3, 0.4) is 0 Å². The Labute approximate surface area is 143 Å². The second kappa shape index (κ2) is 6.26. The molecule has 1 saturated heterocycles. The van der Waals surface area contributed by atoms with Gasteiger partial charge in [0.25, 0.3) is 0 Å². The van der Waals surface area contributed by atoms with Crippen molar-refractivity contribution in [3.8, 4) is 11.5 Å². The SMILES string of the molecule is Cc1nc(-c2occc2P2(=O)OCCC(c3ccncc3)O2)cs1. The number of furan rings is 1. The topological polar surface area (TPSA) is 74.5 Å². The van der Waals surface area contributed by atoms with E-state index in [1.807, 2.05) is 24.4 Å². The molecule has 0 radical (unpaired) electrons. The van der Waals surface area contributed by atoms with Crippen molar-refractivity contribution in [2.45, 2.75) is 19.4 Å². The van der Waals surface area contributed by atoms with Crippen LogP contribution in [0.25, 0.3) is 11.5 Å². The zero-order valence-electron chi connectivity index (χ0n) is 12.9. The molecule has 24 heavy (non-hydrogen) atoms. The predicted octanol–water partition coefficient (Wildman–Crippen LogP) is 4.10. The first-order chi connectivity index (χ1) is 11.7. The fourth-order valence-electron chi connectivity index (χ4n) is 2.64. The van der Waals surface area contributed by atoms with E-state index in [1.54, 1.807) is 18.5 Å². The molecule has 4 heterocycles. The van der Waals surface area contributed by atoms with Crippen LogP contribution in [0.2, 0.25) is 0 Å². The van der Waals surface area contributed by atoms with E-state index < -0.39 is 7.60 Å². The summed E-state index contributed by atoms with van der Waals surface area (Å²) < 4.78 is 30.3. The second-order valence-electron chi connectivity index (χ2n) is 5.38. The van der Waals surface area contributed by atoms with Gasteiger partial charge in [-0.1, -0.05) is 0 Å². The molecule has 3 aromatic rings. The van der Waals surface area contributed by atoms with Gasteiger partial charge in [-0.15, -0.1) is 11.3 Å². The van der Waals surface area contributed by atoms with Crippen LogP contribution in [0.4, 0.5) is 0 Å². The lowest BCUT2D eigenvalue weighted by Crippen LogP contribution is -2.20. The van der Waals surface area contributed by atoms with E-state index >= 15 is 0 Å². The standard InChI is InChI=1S/C16H15N2O4PS/c1-11-18-13(10-24-11)16-15(5-8-20-16)23(19)21-9-4-14(22-23)12-2-6-17-7-3-12/h2-3,5-8,10,14H,4,9H2,1H3. The van der Waals surface area contributed by atoms with Crippen LogP contribution < -0.4 is 5.30 Å². The maximum absolute atomic E-state index is 13.3. The number of rotatable bonds is 3. The summed E-state index contributed by atoms with van der Waals surface area (Å²) >= 11 is 1.50. The van der Waals surface area contributed by atoms with Crippen LogP contribution in [0.15, 0.2) is 46.7 Å². The van der Waals surface area contributed by atoms with Crippen LogP contribution in [0, 0.1) is 6.92 Å². The highest BCUT2D eigenvalue weighted by Crippen LogP contribution is 2.56. The van der Waals surface area contributed by atoms with Crippen molar-refractivity contribution in [1.29, 1.82) is 0 Å². The van der Waals surface area contributed by atoms with E-state index in [0.717, 1.165) is 10.6 Å². The number of hydrogen-bond donors (Lipinski definition) is 0. The van der Waals surface area contributed by atoms with Crippen molar-refractivity contribution in [3.05, 3.63) is 52.8 Å². The number of aromatic nitrogens is 2. The second-order valence-corrected chi connectivity index (χ2v) is 8.39. The van der Waals surface area contributed by atoms with E-state index in [-0.39, 0.29) is 6.10 Å². The average molecular weight is 362 g/mol. The summed E-state index contributed by atoms with van der Waals surface area (Å²) in [6.45, 7) is 2.26. The number of thiazole rings is 1. The molecule has 0 aliphatic carbocycles. The number of aryl methyl sites for hydroxylation is 1. The summed E-state index contributed by atoms with van der Waals surface area (Å²) in [6, 6.07) is 5.36. The summed E-state index contributed by atoms with van der Waals surface area (Å²) in [5.74, 6) is 0.443. The zero-order valence-corrected chi connectivity index (χ0v) is 14.6. The Morgan fingerprint density at radius 1 is 1.29 bits per heavy atom. The minimum absolute atomic E-state index is 0.299. The van der Waals surface area contributed by atoms with Crippen LogP contribution in [-0.2, 0) is 13.6 Å². The Kier molecular flexibility index (Phi) is 4.10. The molecule has 8 heteroatoms. The summed E-state index contributed by atoms with van der Waals surface area (Å²) in [4.78, 5) is 8.41. The highest BCUT2D eigenvalue weighted by molar-refractivity contribution is 7.62. The predicted molar refractivity (Wildman–Crippen MR) is 90.4 cm³/mol. The first kappa shape index (κ1) is 15.7. The van der Waals surface area contributed by atoms with Gasteiger partial charge < -0.3 is 8.94 Å². The van der Waals surface area contributed by atoms with E-state index in [0.29, 0.717) is 29.8 Å². The summed E-state index contributed by atoms with van der Waals surface area (Å²) in [5.41, 5.74) is 1.58. The summed E-state index contributed by atoms with van der Waals surface area (Å²) in [7, 11) is -3.48. The highest BCUT2D eigenvalue weighted by Gasteiger charge is 2.39. The third-order valence-electron chi connectivity index (χ3n) is 3.78. The van der Waals surface area contributed by atoms with Crippen molar-refractivity contribution in [2.75, 3.05) is 6.61 Å². The van der Waals surface area contributed by atoms with Gasteiger partial charge in [-0.25, -0.2) is 4.98 Å². The van der Waals surface area contributed by atoms with Gasteiger partial charge in [-0.3, -0.25) is 14.1 Å². The molecule has 0 saturated carbocycles. The Hall–Kier alpha value is -1.79. The molecule has 124 valence electrons. The Morgan fingerprint density at radius 2 is 2.12 bits per heavy atom. The molecule has 6 nitrogen and oxygen atoms in total. The molecule has 2 unspecified atom stereocenters. The Balaban J connectivity index is 1.69. The molecule has 2 atom stereocenters. The fraction of sp³-hybridized carbons (Fsp3) is 0.250. The van der Waals surface area contributed by atoms with Gasteiger partial charge in [-0.05, 0) is 30.7 Å². The molecule has 4 rings (SSSR count). The Bertz CT molecular complexity index is 892. The van der Waals surface area contributed by atoms with Crippen molar-refractivity contribution < 1.29 is 18.0 Å². The maximum atomic E-state index is 13.3. The molecule has 0 bridgehead atoms. The average Bonchev–Trinajstić information content (AvgIpc) is 3.25. The molecule has 1 aliphatic rings. The van der Waals surface area contributed by atoms with Crippen molar-refractivity contribution in [3.63, 3.8) is 0 Å². The molecular formula is C16H15N2O4PS. The van der Waals surface area contributed by atoms with Crippen molar-refractivity contribution in [1.82, 2.24) is 9.97 Å². The third kappa shape index (κ3) is 2.84. The first-order valence-electron chi connectivity index (χ1n) is 7.49. The number of hydrogen-bond acceptors (Lipinski definition) is 7. The van der Waals surface area contributed by atoms with Gasteiger partial charge in [0.15, 0.2) is 5.76 Å². The largest absolute Gasteiger partial charge is 0.462 e. The molecule has 3 aromatic heterocycles. The molecular weight excluding hydrogens is 347 g/mol. The highest BCUT2D eigenvalue weighted by atomic mass is 32.1. The van der Waals surface area contributed by atoms with Crippen molar-refractivity contribution in [2.24, 2.45) is 0 Å². The molecule has 0 N–H and O–H groups in total. The molecule has 1 fully saturated rings. The maximum Gasteiger partial charge on any atom is 0.365 e. The van der Waals surface area contributed by atoms with Crippen LogP contribution in [0.5, 0.6) is 0 Å². The van der Waals surface area contributed by atoms with Gasteiger partial charge in [0.05, 0.1) is 24.0 Å². The van der Waals surface area contributed by atoms with Gasteiger partial charge in [0.1, 0.15) is 11.0 Å². The van der Waals surface area contributed by atoms with Gasteiger partial charge >= 0.3 is 7.60 Å².